The quantitative estimate of drug-likeness (QED) is 0.493. The first kappa shape index (κ1) is 16.5. The maximum Gasteiger partial charge on any atom is 0.221 e. The fraction of sp³-hybridized carbons (Fsp3) is 0.222. The first-order valence-electron chi connectivity index (χ1n) is 8.88. The molecule has 10 heteroatoms. The van der Waals surface area contributed by atoms with Gasteiger partial charge in [-0.3, -0.25) is 4.68 Å². The summed E-state index contributed by atoms with van der Waals surface area (Å²) in [7, 11) is 0. The Morgan fingerprint density at radius 2 is 2.11 bits per heavy atom. The average Bonchev–Trinajstić information content (AvgIpc) is 3.45. The van der Waals surface area contributed by atoms with E-state index in [1.807, 2.05) is 36.0 Å². The van der Waals surface area contributed by atoms with Crippen molar-refractivity contribution in [2.45, 2.75) is 19.5 Å². The fourth-order valence-electron chi connectivity index (χ4n) is 3.19. The zero-order valence-electron chi connectivity index (χ0n) is 15.1. The molecule has 0 aliphatic carbocycles. The van der Waals surface area contributed by atoms with Crippen LogP contribution >= 0.6 is 0 Å². The van der Waals surface area contributed by atoms with Gasteiger partial charge in [-0.05, 0) is 30.7 Å². The monoisotopic (exact) mass is 375 g/mol. The Bertz CT molecular complexity index is 1270. The summed E-state index contributed by atoms with van der Waals surface area (Å²) in [5.41, 5.74) is 4.68. The van der Waals surface area contributed by atoms with Crippen LogP contribution in [-0.2, 0) is 6.54 Å². The molecule has 0 fully saturated rings. The molecule has 0 bridgehead atoms. The summed E-state index contributed by atoms with van der Waals surface area (Å²) in [6, 6.07) is 5.96. The van der Waals surface area contributed by atoms with Crippen molar-refractivity contribution in [3.8, 4) is 11.3 Å². The number of aliphatic hydroxyl groups excluding tert-OH is 1. The van der Waals surface area contributed by atoms with Crippen LogP contribution in [-0.4, -0.2) is 56.1 Å². The van der Waals surface area contributed by atoms with Gasteiger partial charge in [0.25, 0.3) is 0 Å². The number of pyridine rings is 1. The van der Waals surface area contributed by atoms with Crippen LogP contribution in [0.15, 0.2) is 49.2 Å². The molecule has 0 aliphatic heterocycles. The molecule has 1 atom stereocenters. The predicted octanol–water partition coefficient (Wildman–Crippen LogP) is 1.33. The van der Waals surface area contributed by atoms with Gasteiger partial charge in [0, 0.05) is 24.2 Å². The van der Waals surface area contributed by atoms with E-state index in [0.717, 1.165) is 16.6 Å². The van der Waals surface area contributed by atoms with Crippen molar-refractivity contribution in [1.82, 2.24) is 44.4 Å². The second-order valence-corrected chi connectivity index (χ2v) is 6.49. The Morgan fingerprint density at radius 1 is 1.18 bits per heavy atom. The zero-order valence-corrected chi connectivity index (χ0v) is 15.1. The van der Waals surface area contributed by atoms with E-state index < -0.39 is 0 Å². The van der Waals surface area contributed by atoms with Crippen molar-refractivity contribution in [1.29, 1.82) is 0 Å². The molecular weight excluding hydrogens is 358 g/mol. The minimum absolute atomic E-state index is 0.0293. The second-order valence-electron chi connectivity index (χ2n) is 6.49. The second kappa shape index (κ2) is 6.50. The molecule has 0 saturated carbocycles. The van der Waals surface area contributed by atoms with Crippen LogP contribution < -0.4 is 0 Å². The van der Waals surface area contributed by atoms with Crippen molar-refractivity contribution in [2.75, 3.05) is 6.61 Å². The highest BCUT2D eigenvalue weighted by Crippen LogP contribution is 2.23. The number of rotatable bonds is 5. The molecule has 0 amide bonds. The summed E-state index contributed by atoms with van der Waals surface area (Å²) in [6.07, 6.45) is 8.88. The Morgan fingerprint density at radius 3 is 3.00 bits per heavy atom. The fourth-order valence-corrected chi connectivity index (χ4v) is 3.19. The zero-order chi connectivity index (χ0) is 19.1. The van der Waals surface area contributed by atoms with Crippen molar-refractivity contribution >= 4 is 16.8 Å². The molecule has 5 heterocycles. The highest BCUT2D eigenvalue weighted by atomic mass is 16.3. The molecule has 0 aliphatic rings. The van der Waals surface area contributed by atoms with Crippen LogP contribution in [0.5, 0.6) is 0 Å². The third-order valence-corrected chi connectivity index (χ3v) is 4.72. The van der Waals surface area contributed by atoms with Crippen molar-refractivity contribution in [3.05, 3.63) is 54.7 Å². The standard InChI is InChI=1S/C18H17N9O/c1-12(13-3-5-26-15(8-13)2-4-20-26)27-18-17(23-24-27)19-10-16(22-18)14-9-21-25(11-14)6-7-28/h2-5,8-12,28H,6-7H2,1H3/t12-/m0/s1. The summed E-state index contributed by atoms with van der Waals surface area (Å²) in [6.45, 7) is 2.51. The van der Waals surface area contributed by atoms with Gasteiger partial charge in [0.05, 0.1) is 42.8 Å². The number of aromatic nitrogens is 9. The molecule has 28 heavy (non-hydrogen) atoms. The van der Waals surface area contributed by atoms with E-state index in [2.05, 4.69) is 31.6 Å². The van der Waals surface area contributed by atoms with Gasteiger partial charge in [-0.1, -0.05) is 5.21 Å². The van der Waals surface area contributed by atoms with E-state index in [1.54, 1.807) is 28.0 Å². The average molecular weight is 375 g/mol. The molecule has 1 N–H and O–H groups in total. The number of hydrogen-bond acceptors (Lipinski definition) is 7. The maximum atomic E-state index is 9.06. The normalized spacial score (nSPS) is 12.8. The summed E-state index contributed by atoms with van der Waals surface area (Å²) in [5.74, 6) is 0. The van der Waals surface area contributed by atoms with E-state index in [0.29, 0.717) is 23.5 Å². The Kier molecular flexibility index (Phi) is 3.83. The lowest BCUT2D eigenvalue weighted by Crippen LogP contribution is -2.10. The molecule has 5 aromatic heterocycles. The van der Waals surface area contributed by atoms with Gasteiger partial charge in [0.1, 0.15) is 0 Å². The lowest BCUT2D eigenvalue weighted by atomic mass is 10.1. The minimum atomic E-state index is -0.0773. The third kappa shape index (κ3) is 2.70. The topological polar surface area (TPSA) is 112 Å². The van der Waals surface area contributed by atoms with Crippen molar-refractivity contribution in [2.24, 2.45) is 0 Å². The predicted molar refractivity (Wildman–Crippen MR) is 100 cm³/mol. The molecule has 0 spiro atoms. The third-order valence-electron chi connectivity index (χ3n) is 4.72. The van der Waals surface area contributed by atoms with Crippen LogP contribution in [0.2, 0.25) is 0 Å². The minimum Gasteiger partial charge on any atom is -0.394 e. The number of aliphatic hydroxyl groups is 1. The smallest absolute Gasteiger partial charge is 0.221 e. The van der Waals surface area contributed by atoms with Crippen molar-refractivity contribution in [3.63, 3.8) is 0 Å². The lowest BCUT2D eigenvalue weighted by molar-refractivity contribution is 0.269. The maximum absolute atomic E-state index is 9.06. The van der Waals surface area contributed by atoms with Crippen LogP contribution in [0.3, 0.4) is 0 Å². The molecule has 0 radical (unpaired) electrons. The molecule has 0 unspecified atom stereocenters. The summed E-state index contributed by atoms with van der Waals surface area (Å²) < 4.78 is 5.25. The SMILES string of the molecule is C[C@@H](c1ccn2nccc2c1)n1nnc2ncc(-c3cnn(CCO)c3)nc21. The summed E-state index contributed by atoms with van der Waals surface area (Å²) in [5, 5.41) is 25.9. The molecule has 0 saturated heterocycles. The van der Waals surface area contributed by atoms with E-state index in [4.69, 9.17) is 10.1 Å². The molecule has 5 rings (SSSR count). The van der Waals surface area contributed by atoms with Crippen LogP contribution in [0.4, 0.5) is 0 Å². The van der Waals surface area contributed by atoms with Gasteiger partial charge < -0.3 is 5.11 Å². The van der Waals surface area contributed by atoms with E-state index in [1.165, 1.54) is 0 Å². The Labute approximate surface area is 159 Å². The Hall–Kier alpha value is -3.66. The largest absolute Gasteiger partial charge is 0.394 e. The number of hydrogen-bond donors (Lipinski definition) is 1. The van der Waals surface area contributed by atoms with Crippen LogP contribution in [0.1, 0.15) is 18.5 Å². The number of fused-ring (bicyclic) bond motifs is 2. The number of nitrogens with zero attached hydrogens (tertiary/aromatic N) is 9. The molecular formula is C18H17N9O. The highest BCUT2D eigenvalue weighted by Gasteiger charge is 2.17. The van der Waals surface area contributed by atoms with Gasteiger partial charge in [0.2, 0.25) is 5.65 Å². The van der Waals surface area contributed by atoms with E-state index >= 15 is 0 Å². The Balaban J connectivity index is 1.55. The first-order chi connectivity index (χ1) is 13.7. The van der Waals surface area contributed by atoms with Crippen LogP contribution in [0.25, 0.3) is 28.1 Å². The highest BCUT2D eigenvalue weighted by molar-refractivity contribution is 5.69. The van der Waals surface area contributed by atoms with Crippen molar-refractivity contribution < 1.29 is 5.11 Å². The first-order valence-corrected chi connectivity index (χ1v) is 8.88. The molecule has 5 aromatic rings. The van der Waals surface area contributed by atoms with Gasteiger partial charge in [-0.15, -0.1) is 5.10 Å². The molecule has 10 nitrogen and oxygen atoms in total. The van der Waals surface area contributed by atoms with Gasteiger partial charge in [-0.25, -0.2) is 19.2 Å². The van der Waals surface area contributed by atoms with E-state index in [9.17, 15) is 0 Å². The molecule has 0 aromatic carbocycles. The van der Waals surface area contributed by atoms with E-state index in [-0.39, 0.29) is 12.6 Å². The summed E-state index contributed by atoms with van der Waals surface area (Å²) in [4.78, 5) is 9.11. The van der Waals surface area contributed by atoms with Gasteiger partial charge in [0.15, 0.2) is 5.65 Å². The van der Waals surface area contributed by atoms with Crippen LogP contribution in [0, 0.1) is 0 Å². The van der Waals surface area contributed by atoms with Gasteiger partial charge >= 0.3 is 0 Å². The molecule has 140 valence electrons. The lowest BCUT2D eigenvalue weighted by Gasteiger charge is -2.12. The summed E-state index contributed by atoms with van der Waals surface area (Å²) >= 11 is 0. The van der Waals surface area contributed by atoms with Gasteiger partial charge in [-0.2, -0.15) is 10.2 Å².